The molecule has 1 fully saturated rings. The fraction of sp³-hybridized carbons (Fsp3) is 0.444. The number of aryl methyl sites for hydroxylation is 1. The highest BCUT2D eigenvalue weighted by atomic mass is 35.5. The lowest BCUT2D eigenvalue weighted by Crippen LogP contribution is -2.50. The average molecular weight is 454 g/mol. The number of hydrogen-bond donors (Lipinski definition) is 1. The van der Waals surface area contributed by atoms with Crippen LogP contribution in [-0.2, 0) is 11.3 Å². The van der Waals surface area contributed by atoms with Gasteiger partial charge >= 0.3 is 0 Å². The van der Waals surface area contributed by atoms with Crippen molar-refractivity contribution in [2.75, 3.05) is 32.7 Å². The van der Waals surface area contributed by atoms with E-state index in [0.717, 1.165) is 49.0 Å². The van der Waals surface area contributed by atoms with Gasteiger partial charge in [-0.1, -0.05) is 30.3 Å². The summed E-state index contributed by atoms with van der Waals surface area (Å²) in [5.74, 6) is -0.0909. The molecule has 2 heterocycles. The highest BCUT2D eigenvalue weighted by molar-refractivity contribution is 7.09. The normalized spacial score (nSPS) is 15.1. The number of carbonyl (C=O) groups excluding carboxylic acids is 1. The summed E-state index contributed by atoms with van der Waals surface area (Å²) in [6, 6.07) is 9.84. The van der Waals surface area contributed by atoms with Crippen LogP contribution in [0.2, 0.25) is 0 Å². The van der Waals surface area contributed by atoms with Gasteiger partial charge in [-0.2, -0.15) is 0 Å². The van der Waals surface area contributed by atoms with E-state index in [1.807, 2.05) is 42.2 Å². The van der Waals surface area contributed by atoms with Crippen LogP contribution in [0, 0.1) is 6.92 Å². The number of nitrogens with zero attached hydrogens (tertiary/aromatic N) is 3. The van der Waals surface area contributed by atoms with Crippen LogP contribution in [0.4, 0.5) is 0 Å². The van der Waals surface area contributed by atoms with E-state index in [1.165, 1.54) is 0 Å². The van der Waals surface area contributed by atoms with E-state index < -0.39 is 0 Å². The van der Waals surface area contributed by atoms with Crippen molar-refractivity contribution < 1.29 is 4.79 Å². The highest BCUT2D eigenvalue weighted by Crippen LogP contribution is 2.19. The Kier molecular flexibility index (Phi) is 12.1. The van der Waals surface area contributed by atoms with E-state index in [4.69, 9.17) is 5.73 Å². The number of amides is 1. The van der Waals surface area contributed by atoms with Crippen LogP contribution in [0.3, 0.4) is 0 Å². The summed E-state index contributed by atoms with van der Waals surface area (Å²) in [6.07, 6.45) is 0. The minimum Gasteiger partial charge on any atom is -0.340 e. The van der Waals surface area contributed by atoms with Gasteiger partial charge in [0.15, 0.2) is 0 Å². The molecule has 0 saturated carbocycles. The number of piperazine rings is 1. The lowest BCUT2D eigenvalue weighted by molar-refractivity contribution is -0.134. The lowest BCUT2D eigenvalue weighted by Gasteiger charge is -2.36. The van der Waals surface area contributed by atoms with Crippen molar-refractivity contribution in [1.82, 2.24) is 14.8 Å². The number of thiazole rings is 1. The minimum absolute atomic E-state index is 0. The Morgan fingerprint density at radius 3 is 2.30 bits per heavy atom. The molecule has 5 nitrogen and oxygen atoms in total. The van der Waals surface area contributed by atoms with Crippen LogP contribution >= 0.6 is 48.6 Å². The largest absolute Gasteiger partial charge is 0.340 e. The fourth-order valence-electron chi connectivity index (χ4n) is 3.12. The summed E-state index contributed by atoms with van der Waals surface area (Å²) in [7, 11) is 0. The molecule has 1 aliphatic heterocycles. The van der Waals surface area contributed by atoms with E-state index >= 15 is 0 Å². The molecule has 3 rings (SSSR count). The molecule has 1 saturated heterocycles. The van der Waals surface area contributed by atoms with Crippen LogP contribution in [0.15, 0.2) is 35.7 Å². The molecule has 1 aromatic carbocycles. The standard InChI is InChI=1S/C18H24N4OS.3ClH/c1-14-20-16(13-24-14)12-21-7-9-22(10-8-21)18(23)17(11-19)15-5-3-2-4-6-15;;;/h2-6,13,17H,7-12,19H2,1H3;3*1H. The van der Waals surface area contributed by atoms with E-state index in [2.05, 4.69) is 15.3 Å². The van der Waals surface area contributed by atoms with Gasteiger partial charge in [-0.15, -0.1) is 48.6 Å². The monoisotopic (exact) mass is 452 g/mol. The number of rotatable bonds is 5. The first-order valence-electron chi connectivity index (χ1n) is 8.34. The zero-order valence-corrected chi connectivity index (χ0v) is 18.5. The van der Waals surface area contributed by atoms with Gasteiger partial charge in [0.05, 0.1) is 16.6 Å². The molecule has 1 unspecified atom stereocenters. The van der Waals surface area contributed by atoms with Gasteiger partial charge in [0.1, 0.15) is 0 Å². The molecule has 1 aromatic heterocycles. The zero-order chi connectivity index (χ0) is 16.9. The first kappa shape index (κ1) is 26.1. The molecule has 0 bridgehead atoms. The predicted octanol–water partition coefficient (Wildman–Crippen LogP) is 3.10. The number of hydrogen-bond acceptors (Lipinski definition) is 5. The Balaban J connectivity index is 0.00000225. The summed E-state index contributed by atoms with van der Waals surface area (Å²) in [5, 5.41) is 3.22. The molecule has 2 aromatic rings. The summed E-state index contributed by atoms with van der Waals surface area (Å²) in [5.41, 5.74) is 8.01. The van der Waals surface area contributed by atoms with Gasteiger partial charge in [0.2, 0.25) is 5.91 Å². The van der Waals surface area contributed by atoms with Crippen molar-refractivity contribution in [3.63, 3.8) is 0 Å². The molecule has 1 amide bonds. The molecule has 27 heavy (non-hydrogen) atoms. The smallest absolute Gasteiger partial charge is 0.231 e. The van der Waals surface area contributed by atoms with Crippen molar-refractivity contribution >= 4 is 54.5 Å². The highest BCUT2D eigenvalue weighted by Gasteiger charge is 2.27. The van der Waals surface area contributed by atoms with Crippen LogP contribution < -0.4 is 5.73 Å². The predicted molar refractivity (Wildman–Crippen MR) is 119 cm³/mol. The van der Waals surface area contributed by atoms with E-state index in [1.54, 1.807) is 11.3 Å². The molecule has 152 valence electrons. The van der Waals surface area contributed by atoms with Gasteiger partial charge in [0, 0.05) is 44.6 Å². The van der Waals surface area contributed by atoms with Crippen LogP contribution in [0.5, 0.6) is 0 Å². The Labute approximate surface area is 183 Å². The summed E-state index contributed by atoms with van der Waals surface area (Å²) in [6.45, 7) is 6.52. The number of halogens is 3. The maximum atomic E-state index is 12.8. The number of aromatic nitrogens is 1. The third-order valence-corrected chi connectivity index (χ3v) is 5.29. The Hall–Kier alpha value is -0.890. The van der Waals surface area contributed by atoms with E-state index in [0.29, 0.717) is 6.54 Å². The quantitative estimate of drug-likeness (QED) is 0.755. The third kappa shape index (κ3) is 6.89. The maximum absolute atomic E-state index is 12.8. The van der Waals surface area contributed by atoms with Crippen molar-refractivity contribution in [3.8, 4) is 0 Å². The van der Waals surface area contributed by atoms with Crippen molar-refractivity contribution in [2.45, 2.75) is 19.4 Å². The number of benzene rings is 1. The summed E-state index contributed by atoms with van der Waals surface area (Å²) >= 11 is 1.69. The second-order valence-corrected chi connectivity index (χ2v) is 7.22. The SMILES string of the molecule is Cc1nc(CN2CCN(C(=O)C(CN)c3ccccc3)CC2)cs1.Cl.Cl.Cl. The molecule has 1 atom stereocenters. The van der Waals surface area contributed by atoms with Crippen LogP contribution in [-0.4, -0.2) is 53.4 Å². The lowest BCUT2D eigenvalue weighted by atomic mass is 9.97. The average Bonchev–Trinajstić information content (AvgIpc) is 3.02. The minimum atomic E-state index is -0.237. The van der Waals surface area contributed by atoms with Crippen molar-refractivity contribution in [1.29, 1.82) is 0 Å². The maximum Gasteiger partial charge on any atom is 0.231 e. The van der Waals surface area contributed by atoms with Crippen molar-refractivity contribution in [3.05, 3.63) is 52.0 Å². The Morgan fingerprint density at radius 1 is 1.15 bits per heavy atom. The van der Waals surface area contributed by atoms with Crippen molar-refractivity contribution in [2.24, 2.45) is 5.73 Å². The van der Waals surface area contributed by atoms with Gasteiger partial charge in [-0.3, -0.25) is 9.69 Å². The van der Waals surface area contributed by atoms with E-state index in [9.17, 15) is 4.79 Å². The van der Waals surface area contributed by atoms with Gasteiger partial charge in [-0.25, -0.2) is 4.98 Å². The molecule has 0 radical (unpaired) electrons. The second kappa shape index (κ2) is 12.5. The summed E-state index contributed by atoms with van der Waals surface area (Å²) in [4.78, 5) is 21.6. The Bertz CT molecular complexity index is 678. The number of carbonyl (C=O) groups is 1. The molecule has 0 spiro atoms. The summed E-state index contributed by atoms with van der Waals surface area (Å²) < 4.78 is 0. The van der Waals surface area contributed by atoms with Gasteiger partial charge < -0.3 is 10.6 Å². The molecular formula is C18H27Cl3N4OS. The topological polar surface area (TPSA) is 62.5 Å². The third-order valence-electron chi connectivity index (χ3n) is 4.47. The molecule has 1 aliphatic rings. The molecule has 9 heteroatoms. The van der Waals surface area contributed by atoms with Gasteiger partial charge in [-0.05, 0) is 12.5 Å². The molecule has 2 N–H and O–H groups in total. The van der Waals surface area contributed by atoms with Gasteiger partial charge in [0.25, 0.3) is 0 Å². The fourth-order valence-corrected chi connectivity index (χ4v) is 3.73. The number of nitrogens with two attached hydrogens (primary N) is 1. The van der Waals surface area contributed by atoms with Crippen LogP contribution in [0.1, 0.15) is 22.2 Å². The zero-order valence-electron chi connectivity index (χ0n) is 15.2. The molecule has 0 aliphatic carbocycles. The van der Waals surface area contributed by atoms with E-state index in [-0.39, 0.29) is 49.0 Å². The first-order chi connectivity index (χ1) is 11.7. The first-order valence-corrected chi connectivity index (χ1v) is 9.22. The Morgan fingerprint density at radius 2 is 1.78 bits per heavy atom. The van der Waals surface area contributed by atoms with Crippen LogP contribution in [0.25, 0.3) is 0 Å². The molecular weight excluding hydrogens is 427 g/mol. The second-order valence-electron chi connectivity index (χ2n) is 6.16.